The molecule has 1 aliphatic heterocycles. The second-order valence-electron chi connectivity index (χ2n) is 4.18. The summed E-state index contributed by atoms with van der Waals surface area (Å²) in [4.78, 5) is 24.2. The predicted molar refractivity (Wildman–Crippen MR) is 60.9 cm³/mol. The molecule has 0 bridgehead atoms. The van der Waals surface area contributed by atoms with E-state index in [1.54, 1.807) is 0 Å². The number of hydrogen-bond donors (Lipinski definition) is 0. The normalized spacial score (nSPS) is 22.0. The van der Waals surface area contributed by atoms with E-state index in [-0.39, 0.29) is 5.78 Å². The second-order valence-corrected chi connectivity index (χ2v) is 4.18. The van der Waals surface area contributed by atoms with E-state index in [1.165, 1.54) is 5.56 Å². The van der Waals surface area contributed by atoms with E-state index in [1.807, 2.05) is 18.2 Å². The van der Waals surface area contributed by atoms with Crippen molar-refractivity contribution < 1.29 is 9.59 Å². The Labute approximate surface area is 95.1 Å². The highest BCUT2D eigenvalue weighted by Gasteiger charge is 2.26. The predicted octanol–water partition coefficient (Wildman–Crippen LogP) is 1.28. The molecular weight excluding hydrogens is 202 g/mol. The Morgan fingerprint density at radius 3 is 2.75 bits per heavy atom. The van der Waals surface area contributed by atoms with Crippen molar-refractivity contribution in [2.75, 3.05) is 13.1 Å². The fraction of sp³-hybridized carbons (Fsp3) is 0.385. The van der Waals surface area contributed by atoms with E-state index in [0.29, 0.717) is 13.0 Å². The zero-order valence-corrected chi connectivity index (χ0v) is 9.13. The summed E-state index contributed by atoms with van der Waals surface area (Å²) in [7, 11) is 0. The minimum atomic E-state index is -0.419. The third-order valence-corrected chi connectivity index (χ3v) is 2.96. The largest absolute Gasteiger partial charge is 0.303 e. The standard InChI is InChI=1S/C13H15NO2/c15-10-12-9-14(7-6-13(12)16)8-11-4-2-1-3-5-11/h1-5,10,12H,6-9H2. The maximum absolute atomic E-state index is 11.4. The number of hydrogen-bond acceptors (Lipinski definition) is 3. The summed E-state index contributed by atoms with van der Waals surface area (Å²) in [6, 6.07) is 10.1. The first-order chi connectivity index (χ1) is 7.79. The molecule has 1 aliphatic rings. The first-order valence-corrected chi connectivity index (χ1v) is 5.54. The van der Waals surface area contributed by atoms with Gasteiger partial charge in [-0.25, -0.2) is 0 Å². The SMILES string of the molecule is O=CC1CN(Cc2ccccc2)CCC1=O. The number of aldehydes is 1. The van der Waals surface area contributed by atoms with Crippen molar-refractivity contribution in [2.24, 2.45) is 5.92 Å². The molecule has 1 unspecified atom stereocenters. The Balaban J connectivity index is 1.97. The molecule has 0 aliphatic carbocycles. The van der Waals surface area contributed by atoms with Gasteiger partial charge in [0.25, 0.3) is 0 Å². The van der Waals surface area contributed by atoms with Crippen LogP contribution in [0, 0.1) is 5.92 Å². The second kappa shape index (κ2) is 5.03. The zero-order chi connectivity index (χ0) is 11.4. The minimum Gasteiger partial charge on any atom is -0.303 e. The highest BCUT2D eigenvalue weighted by Crippen LogP contribution is 2.14. The van der Waals surface area contributed by atoms with E-state index < -0.39 is 5.92 Å². The third-order valence-electron chi connectivity index (χ3n) is 2.96. The lowest BCUT2D eigenvalue weighted by atomic mass is 9.97. The van der Waals surface area contributed by atoms with E-state index >= 15 is 0 Å². The molecule has 0 spiro atoms. The lowest BCUT2D eigenvalue weighted by molar-refractivity contribution is -0.130. The van der Waals surface area contributed by atoms with Crippen molar-refractivity contribution in [1.29, 1.82) is 0 Å². The molecule has 1 saturated heterocycles. The molecular formula is C13H15NO2. The number of carbonyl (C=O) groups excluding carboxylic acids is 2. The molecule has 0 aromatic heterocycles. The van der Waals surface area contributed by atoms with Crippen LogP contribution in [0.4, 0.5) is 0 Å². The van der Waals surface area contributed by atoms with Crippen LogP contribution in [0.5, 0.6) is 0 Å². The van der Waals surface area contributed by atoms with Gasteiger partial charge in [0.2, 0.25) is 0 Å². The van der Waals surface area contributed by atoms with Gasteiger partial charge in [-0.05, 0) is 5.56 Å². The van der Waals surface area contributed by atoms with E-state index in [4.69, 9.17) is 0 Å². The van der Waals surface area contributed by atoms with Crippen LogP contribution in [0.25, 0.3) is 0 Å². The number of benzene rings is 1. The van der Waals surface area contributed by atoms with Gasteiger partial charge in [-0.1, -0.05) is 30.3 Å². The zero-order valence-electron chi connectivity index (χ0n) is 9.13. The van der Waals surface area contributed by atoms with Gasteiger partial charge in [0.05, 0.1) is 5.92 Å². The lowest BCUT2D eigenvalue weighted by Gasteiger charge is -2.29. The number of carbonyl (C=O) groups is 2. The molecule has 0 amide bonds. The van der Waals surface area contributed by atoms with Gasteiger partial charge in [0, 0.05) is 26.1 Å². The molecule has 1 atom stereocenters. The Morgan fingerprint density at radius 2 is 2.06 bits per heavy atom. The molecule has 0 N–H and O–H groups in total. The number of piperidine rings is 1. The van der Waals surface area contributed by atoms with Crippen molar-refractivity contribution in [3.63, 3.8) is 0 Å². The van der Waals surface area contributed by atoms with Crippen LogP contribution >= 0.6 is 0 Å². The maximum atomic E-state index is 11.4. The maximum Gasteiger partial charge on any atom is 0.145 e. The highest BCUT2D eigenvalue weighted by atomic mass is 16.1. The number of likely N-dealkylation sites (tertiary alicyclic amines) is 1. The van der Waals surface area contributed by atoms with Gasteiger partial charge < -0.3 is 4.79 Å². The van der Waals surface area contributed by atoms with Crippen molar-refractivity contribution in [3.8, 4) is 0 Å². The molecule has 2 rings (SSSR count). The Hall–Kier alpha value is -1.48. The number of rotatable bonds is 3. The first-order valence-electron chi connectivity index (χ1n) is 5.54. The van der Waals surface area contributed by atoms with Gasteiger partial charge in [0.1, 0.15) is 12.1 Å². The quantitative estimate of drug-likeness (QED) is 0.565. The molecule has 84 valence electrons. The monoisotopic (exact) mass is 217 g/mol. The third kappa shape index (κ3) is 2.55. The van der Waals surface area contributed by atoms with Gasteiger partial charge >= 0.3 is 0 Å². The minimum absolute atomic E-state index is 0.0827. The number of nitrogens with zero attached hydrogens (tertiary/aromatic N) is 1. The van der Waals surface area contributed by atoms with Crippen LogP contribution in [-0.2, 0) is 16.1 Å². The van der Waals surface area contributed by atoms with E-state index in [9.17, 15) is 9.59 Å². The van der Waals surface area contributed by atoms with Gasteiger partial charge in [-0.2, -0.15) is 0 Å². The molecule has 1 heterocycles. The summed E-state index contributed by atoms with van der Waals surface area (Å²) in [6.07, 6.45) is 1.27. The van der Waals surface area contributed by atoms with Gasteiger partial charge in [0.15, 0.2) is 0 Å². The molecule has 16 heavy (non-hydrogen) atoms. The molecule has 3 heteroatoms. The smallest absolute Gasteiger partial charge is 0.145 e. The van der Waals surface area contributed by atoms with E-state index in [0.717, 1.165) is 19.4 Å². The van der Waals surface area contributed by atoms with Crippen LogP contribution < -0.4 is 0 Å². The molecule has 0 saturated carbocycles. The summed E-state index contributed by atoms with van der Waals surface area (Å²) >= 11 is 0. The fourth-order valence-electron chi connectivity index (χ4n) is 2.03. The van der Waals surface area contributed by atoms with Crippen molar-refractivity contribution in [2.45, 2.75) is 13.0 Å². The average Bonchev–Trinajstić information content (AvgIpc) is 2.33. The summed E-state index contributed by atoms with van der Waals surface area (Å²) in [5, 5.41) is 0. The van der Waals surface area contributed by atoms with Gasteiger partial charge in [-0.3, -0.25) is 9.69 Å². The molecule has 1 fully saturated rings. The lowest BCUT2D eigenvalue weighted by Crippen LogP contribution is -2.40. The van der Waals surface area contributed by atoms with Crippen LogP contribution in [0.1, 0.15) is 12.0 Å². The van der Waals surface area contributed by atoms with Crippen LogP contribution in [0.3, 0.4) is 0 Å². The summed E-state index contributed by atoms with van der Waals surface area (Å²) in [5.41, 5.74) is 1.22. The molecule has 3 nitrogen and oxygen atoms in total. The van der Waals surface area contributed by atoms with Crippen molar-refractivity contribution in [1.82, 2.24) is 4.90 Å². The Kier molecular flexibility index (Phi) is 3.47. The van der Waals surface area contributed by atoms with Gasteiger partial charge in [-0.15, -0.1) is 0 Å². The molecule has 1 aromatic rings. The Bertz CT molecular complexity index is 375. The molecule has 0 radical (unpaired) electrons. The number of ketones is 1. The molecule has 1 aromatic carbocycles. The highest BCUT2D eigenvalue weighted by molar-refractivity contribution is 5.94. The average molecular weight is 217 g/mol. The number of Topliss-reactive ketones (excluding diaryl/α,β-unsaturated/α-hetero) is 1. The summed E-state index contributed by atoms with van der Waals surface area (Å²) in [5.74, 6) is -0.336. The Morgan fingerprint density at radius 1 is 1.31 bits per heavy atom. The van der Waals surface area contributed by atoms with E-state index in [2.05, 4.69) is 17.0 Å². The fourth-order valence-corrected chi connectivity index (χ4v) is 2.03. The van der Waals surface area contributed by atoms with Crippen LogP contribution in [0.15, 0.2) is 30.3 Å². The van der Waals surface area contributed by atoms with Crippen molar-refractivity contribution in [3.05, 3.63) is 35.9 Å². The van der Waals surface area contributed by atoms with Crippen molar-refractivity contribution >= 4 is 12.1 Å². The first kappa shape index (κ1) is 11.0. The van der Waals surface area contributed by atoms with Crippen LogP contribution in [-0.4, -0.2) is 30.1 Å². The van der Waals surface area contributed by atoms with Crippen LogP contribution in [0.2, 0.25) is 0 Å². The topological polar surface area (TPSA) is 37.4 Å². The summed E-state index contributed by atoms with van der Waals surface area (Å²) < 4.78 is 0. The summed E-state index contributed by atoms with van der Waals surface area (Å²) in [6.45, 7) is 2.15.